The summed E-state index contributed by atoms with van der Waals surface area (Å²) in [5.41, 5.74) is 0.106. The molecule has 0 unspecified atom stereocenters. The third-order valence-electron chi connectivity index (χ3n) is 2.71. The maximum atomic E-state index is 13.6. The summed E-state index contributed by atoms with van der Waals surface area (Å²) in [6.07, 6.45) is 0.862. The number of nitrogens with zero attached hydrogens (tertiary/aromatic N) is 2. The van der Waals surface area contributed by atoms with Crippen LogP contribution in [0.3, 0.4) is 0 Å². The number of benzene rings is 1. The minimum atomic E-state index is -0.509. The molecule has 0 spiro atoms. The van der Waals surface area contributed by atoms with Gasteiger partial charge in [-0.25, -0.2) is 9.37 Å². The number of halogens is 1. The van der Waals surface area contributed by atoms with Crippen molar-refractivity contribution in [3.05, 3.63) is 52.3 Å². The quantitative estimate of drug-likeness (QED) is 0.626. The van der Waals surface area contributed by atoms with Crippen molar-refractivity contribution >= 4 is 23.0 Å². The van der Waals surface area contributed by atoms with E-state index >= 15 is 0 Å². The van der Waals surface area contributed by atoms with E-state index in [1.54, 1.807) is 12.1 Å². The van der Waals surface area contributed by atoms with Gasteiger partial charge in [0.2, 0.25) is 0 Å². The second kappa shape index (κ2) is 6.65. The zero-order valence-corrected chi connectivity index (χ0v) is 11.5. The van der Waals surface area contributed by atoms with Crippen LogP contribution in [0, 0.1) is 15.9 Å². The maximum Gasteiger partial charge on any atom is 0.276 e. The number of anilines is 3. The van der Waals surface area contributed by atoms with Crippen LogP contribution in [0.4, 0.5) is 27.4 Å². The Bertz CT molecular complexity index is 649. The fraction of sp³-hybridized carbons (Fsp3) is 0.214. The highest BCUT2D eigenvalue weighted by molar-refractivity contribution is 5.62. The molecular weight excluding hydrogens is 275 g/mol. The molecule has 0 aliphatic carbocycles. The molecule has 1 heterocycles. The Morgan fingerprint density at radius 2 is 2.00 bits per heavy atom. The lowest BCUT2D eigenvalue weighted by Crippen LogP contribution is -2.05. The second-order valence-corrected chi connectivity index (χ2v) is 4.38. The average molecular weight is 290 g/mol. The Morgan fingerprint density at radius 3 is 2.67 bits per heavy atom. The van der Waals surface area contributed by atoms with Gasteiger partial charge in [-0.05, 0) is 18.6 Å². The number of aromatic nitrogens is 1. The lowest BCUT2D eigenvalue weighted by atomic mass is 10.3. The van der Waals surface area contributed by atoms with Gasteiger partial charge >= 0.3 is 0 Å². The molecule has 1 aromatic heterocycles. The molecule has 0 aliphatic rings. The standard InChI is InChI=1S/C14H15FN4O2/c1-2-7-16-13-8-10(19(20)21)9-14(18-13)17-12-6-4-3-5-11(12)15/h3-6,8-9H,2,7H2,1H3,(H2,16,17,18). The Morgan fingerprint density at radius 1 is 1.29 bits per heavy atom. The average Bonchev–Trinajstić information content (AvgIpc) is 2.47. The molecule has 0 bridgehead atoms. The molecular formula is C14H15FN4O2. The van der Waals surface area contributed by atoms with Gasteiger partial charge in [-0.15, -0.1) is 0 Å². The molecule has 110 valence electrons. The summed E-state index contributed by atoms with van der Waals surface area (Å²) in [6.45, 7) is 2.62. The van der Waals surface area contributed by atoms with Crippen molar-refractivity contribution in [1.29, 1.82) is 0 Å². The molecule has 21 heavy (non-hydrogen) atoms. The predicted octanol–water partition coefficient (Wildman–Crippen LogP) is 3.69. The topological polar surface area (TPSA) is 80.1 Å². The van der Waals surface area contributed by atoms with Gasteiger partial charge in [0, 0.05) is 6.54 Å². The van der Waals surface area contributed by atoms with Crippen molar-refractivity contribution in [2.45, 2.75) is 13.3 Å². The third-order valence-corrected chi connectivity index (χ3v) is 2.71. The molecule has 7 heteroatoms. The van der Waals surface area contributed by atoms with Crippen LogP contribution in [-0.4, -0.2) is 16.5 Å². The molecule has 0 amide bonds. The third kappa shape index (κ3) is 3.88. The number of hydrogen-bond acceptors (Lipinski definition) is 5. The Labute approximate surface area is 121 Å². The molecule has 0 saturated carbocycles. The lowest BCUT2D eigenvalue weighted by Gasteiger charge is -2.09. The lowest BCUT2D eigenvalue weighted by molar-refractivity contribution is -0.384. The highest BCUT2D eigenvalue weighted by Crippen LogP contribution is 2.24. The van der Waals surface area contributed by atoms with Gasteiger partial charge in [0.25, 0.3) is 5.69 Å². The first-order valence-electron chi connectivity index (χ1n) is 6.52. The van der Waals surface area contributed by atoms with E-state index in [-0.39, 0.29) is 17.2 Å². The molecule has 2 aromatic rings. The molecule has 1 aromatic carbocycles. The van der Waals surface area contributed by atoms with Crippen LogP contribution in [0.5, 0.6) is 0 Å². The number of para-hydroxylation sites is 1. The Kier molecular flexibility index (Phi) is 4.65. The van der Waals surface area contributed by atoms with Gasteiger partial charge in [0.1, 0.15) is 17.5 Å². The molecule has 2 N–H and O–H groups in total. The van der Waals surface area contributed by atoms with Crippen LogP contribution in [0.2, 0.25) is 0 Å². The van der Waals surface area contributed by atoms with Gasteiger partial charge in [-0.3, -0.25) is 10.1 Å². The van der Waals surface area contributed by atoms with E-state index in [9.17, 15) is 14.5 Å². The predicted molar refractivity (Wildman–Crippen MR) is 79.4 cm³/mol. The monoisotopic (exact) mass is 290 g/mol. The van der Waals surface area contributed by atoms with Gasteiger partial charge in [-0.1, -0.05) is 19.1 Å². The van der Waals surface area contributed by atoms with Crippen LogP contribution in [-0.2, 0) is 0 Å². The fourth-order valence-electron chi connectivity index (χ4n) is 1.73. The number of rotatable bonds is 6. The molecule has 0 atom stereocenters. The van der Waals surface area contributed by atoms with Crippen LogP contribution >= 0.6 is 0 Å². The van der Waals surface area contributed by atoms with Crippen molar-refractivity contribution in [2.24, 2.45) is 0 Å². The highest BCUT2D eigenvalue weighted by Gasteiger charge is 2.12. The summed E-state index contributed by atoms with van der Waals surface area (Å²) < 4.78 is 13.6. The van der Waals surface area contributed by atoms with E-state index in [0.29, 0.717) is 12.4 Å². The van der Waals surface area contributed by atoms with Crippen molar-refractivity contribution in [1.82, 2.24) is 4.98 Å². The van der Waals surface area contributed by atoms with E-state index in [1.807, 2.05) is 6.92 Å². The van der Waals surface area contributed by atoms with Crippen LogP contribution in [0.1, 0.15) is 13.3 Å². The van der Waals surface area contributed by atoms with E-state index in [0.717, 1.165) is 6.42 Å². The van der Waals surface area contributed by atoms with Gasteiger partial charge in [0.15, 0.2) is 0 Å². The number of pyridine rings is 1. The summed E-state index contributed by atoms with van der Waals surface area (Å²) in [5.74, 6) is 0.145. The maximum absolute atomic E-state index is 13.6. The summed E-state index contributed by atoms with van der Waals surface area (Å²) >= 11 is 0. The van der Waals surface area contributed by atoms with Crippen LogP contribution < -0.4 is 10.6 Å². The number of nitrogens with one attached hydrogen (secondary N) is 2. The van der Waals surface area contributed by atoms with E-state index in [4.69, 9.17) is 0 Å². The van der Waals surface area contributed by atoms with Crippen molar-refractivity contribution < 1.29 is 9.31 Å². The van der Waals surface area contributed by atoms with Gasteiger partial charge in [-0.2, -0.15) is 0 Å². The fourth-order valence-corrected chi connectivity index (χ4v) is 1.73. The van der Waals surface area contributed by atoms with Crippen LogP contribution in [0.15, 0.2) is 36.4 Å². The van der Waals surface area contributed by atoms with Gasteiger partial charge in [0.05, 0.1) is 22.7 Å². The minimum Gasteiger partial charge on any atom is -0.370 e. The normalized spacial score (nSPS) is 10.2. The van der Waals surface area contributed by atoms with Crippen molar-refractivity contribution in [3.8, 4) is 0 Å². The second-order valence-electron chi connectivity index (χ2n) is 4.38. The molecule has 6 nitrogen and oxygen atoms in total. The van der Waals surface area contributed by atoms with E-state index < -0.39 is 10.7 Å². The van der Waals surface area contributed by atoms with Crippen LogP contribution in [0.25, 0.3) is 0 Å². The SMILES string of the molecule is CCCNc1cc([N+](=O)[O-])cc(Nc2ccccc2F)n1. The van der Waals surface area contributed by atoms with Crippen molar-refractivity contribution in [2.75, 3.05) is 17.2 Å². The Hall–Kier alpha value is -2.70. The van der Waals surface area contributed by atoms with E-state index in [1.165, 1.54) is 24.3 Å². The molecule has 0 saturated heterocycles. The first kappa shape index (κ1) is 14.7. The summed E-state index contributed by atoms with van der Waals surface area (Å²) in [7, 11) is 0. The zero-order valence-electron chi connectivity index (χ0n) is 11.5. The number of nitro groups is 1. The molecule has 0 radical (unpaired) electrons. The first-order valence-corrected chi connectivity index (χ1v) is 6.52. The zero-order chi connectivity index (χ0) is 15.2. The molecule has 2 rings (SSSR count). The molecule has 0 fully saturated rings. The first-order chi connectivity index (χ1) is 10.1. The van der Waals surface area contributed by atoms with E-state index in [2.05, 4.69) is 15.6 Å². The summed E-state index contributed by atoms with van der Waals surface area (Å²) in [6, 6.07) is 8.69. The Balaban J connectivity index is 2.31. The smallest absolute Gasteiger partial charge is 0.276 e. The number of hydrogen-bond donors (Lipinski definition) is 2. The largest absolute Gasteiger partial charge is 0.370 e. The minimum absolute atomic E-state index is 0.109. The molecule has 0 aliphatic heterocycles. The van der Waals surface area contributed by atoms with Crippen molar-refractivity contribution in [3.63, 3.8) is 0 Å². The van der Waals surface area contributed by atoms with Gasteiger partial charge < -0.3 is 10.6 Å². The summed E-state index contributed by atoms with van der Waals surface area (Å²) in [5, 5.41) is 16.7. The summed E-state index contributed by atoms with van der Waals surface area (Å²) in [4.78, 5) is 14.6. The highest BCUT2D eigenvalue weighted by atomic mass is 19.1.